The molecule has 2 aromatic carbocycles. The van der Waals surface area contributed by atoms with Gasteiger partial charge in [0.15, 0.2) is 11.6 Å². The van der Waals surface area contributed by atoms with E-state index in [0.717, 1.165) is 41.7 Å². The van der Waals surface area contributed by atoms with Crippen molar-refractivity contribution < 1.29 is 31.8 Å². The van der Waals surface area contributed by atoms with Crippen LogP contribution in [0.5, 0.6) is 5.75 Å². The molecule has 0 bridgehead atoms. The molecule has 2 aromatic rings. The van der Waals surface area contributed by atoms with Crippen LogP contribution >= 0.6 is 0 Å². The Labute approximate surface area is 137 Å². The van der Waals surface area contributed by atoms with Crippen molar-refractivity contribution in [3.8, 4) is 5.75 Å². The van der Waals surface area contributed by atoms with Crippen molar-refractivity contribution in [3.63, 3.8) is 0 Å². The lowest BCUT2D eigenvalue weighted by Crippen LogP contribution is -2.27. The maximum atomic E-state index is 13.3. The largest absolute Gasteiger partial charge is 0.496 e. The number of rotatable bonds is 5. The lowest BCUT2D eigenvalue weighted by molar-refractivity contribution is 0.0693. The van der Waals surface area contributed by atoms with E-state index in [1.54, 1.807) is 0 Å². The monoisotopic (exact) mass is 357 g/mol. The van der Waals surface area contributed by atoms with Gasteiger partial charge in [-0.3, -0.25) is 4.31 Å². The number of hydrogen-bond donors (Lipinski definition) is 1. The highest BCUT2D eigenvalue weighted by Gasteiger charge is 2.24. The van der Waals surface area contributed by atoms with E-state index < -0.39 is 27.6 Å². The molecule has 0 spiro atoms. The second kappa shape index (κ2) is 6.44. The first kappa shape index (κ1) is 17.7. The van der Waals surface area contributed by atoms with Crippen LogP contribution < -0.4 is 9.04 Å². The lowest BCUT2D eigenvalue weighted by atomic mass is 10.2. The van der Waals surface area contributed by atoms with E-state index in [4.69, 9.17) is 9.84 Å². The van der Waals surface area contributed by atoms with E-state index in [1.165, 1.54) is 13.2 Å². The maximum absolute atomic E-state index is 13.3. The zero-order chi connectivity index (χ0) is 18.1. The molecule has 0 amide bonds. The van der Waals surface area contributed by atoms with Gasteiger partial charge in [-0.15, -0.1) is 0 Å². The van der Waals surface area contributed by atoms with Gasteiger partial charge in [0.1, 0.15) is 11.3 Å². The van der Waals surface area contributed by atoms with Crippen molar-refractivity contribution in [2.75, 3.05) is 18.5 Å². The van der Waals surface area contributed by atoms with Gasteiger partial charge in [-0.1, -0.05) is 0 Å². The molecule has 9 heteroatoms. The number of nitrogens with zero attached hydrogens (tertiary/aromatic N) is 1. The van der Waals surface area contributed by atoms with Crippen LogP contribution in [0.15, 0.2) is 41.3 Å². The second-order valence-corrected chi connectivity index (χ2v) is 6.71. The zero-order valence-electron chi connectivity index (χ0n) is 12.7. The minimum atomic E-state index is -4.18. The molecule has 0 atom stereocenters. The van der Waals surface area contributed by atoms with Gasteiger partial charge >= 0.3 is 5.97 Å². The zero-order valence-corrected chi connectivity index (χ0v) is 13.5. The van der Waals surface area contributed by atoms with Crippen LogP contribution in [-0.2, 0) is 10.0 Å². The Hall–Kier alpha value is -2.68. The van der Waals surface area contributed by atoms with Crippen molar-refractivity contribution in [2.24, 2.45) is 0 Å². The molecule has 24 heavy (non-hydrogen) atoms. The fraction of sp³-hybridized carbons (Fsp3) is 0.133. The molecule has 0 radical (unpaired) electrons. The van der Waals surface area contributed by atoms with E-state index in [1.807, 2.05) is 0 Å². The van der Waals surface area contributed by atoms with Gasteiger partial charge in [0.25, 0.3) is 10.0 Å². The number of benzene rings is 2. The predicted octanol–water partition coefficient (Wildman–Crippen LogP) is 2.50. The molecule has 1 N–H and O–H groups in total. The summed E-state index contributed by atoms with van der Waals surface area (Å²) < 4.78 is 57.0. The van der Waals surface area contributed by atoms with Crippen molar-refractivity contribution in [2.45, 2.75) is 4.90 Å². The fourth-order valence-corrected chi connectivity index (χ4v) is 3.21. The first-order valence-corrected chi connectivity index (χ1v) is 7.98. The Bertz CT molecular complexity index is 899. The van der Waals surface area contributed by atoms with E-state index in [-0.39, 0.29) is 21.9 Å². The molecule has 0 aromatic heterocycles. The van der Waals surface area contributed by atoms with Crippen molar-refractivity contribution in [1.82, 2.24) is 0 Å². The molecule has 0 unspecified atom stereocenters. The normalized spacial score (nSPS) is 11.2. The number of halogens is 2. The van der Waals surface area contributed by atoms with Crippen LogP contribution in [0.25, 0.3) is 0 Å². The van der Waals surface area contributed by atoms with Crippen LogP contribution in [0, 0.1) is 11.6 Å². The van der Waals surface area contributed by atoms with Gasteiger partial charge in [-0.2, -0.15) is 0 Å². The molecule has 2 rings (SSSR count). The van der Waals surface area contributed by atoms with Gasteiger partial charge in [0, 0.05) is 13.1 Å². The highest BCUT2D eigenvalue weighted by Crippen LogP contribution is 2.27. The van der Waals surface area contributed by atoms with Crippen molar-refractivity contribution in [1.29, 1.82) is 0 Å². The molecule has 0 aliphatic heterocycles. The SMILES string of the molecule is COc1ccc(S(=O)(=O)N(C)c2ccc(F)c(F)c2)cc1C(=O)O. The summed E-state index contributed by atoms with van der Waals surface area (Å²) in [6, 6.07) is 5.93. The molecule has 6 nitrogen and oxygen atoms in total. The molecule has 0 saturated carbocycles. The number of carboxylic acid groups (broad SMARTS) is 1. The van der Waals surface area contributed by atoms with Crippen LogP contribution in [0.4, 0.5) is 14.5 Å². The molecular formula is C15H13F2NO5S. The van der Waals surface area contributed by atoms with Gasteiger partial charge in [-0.25, -0.2) is 22.0 Å². The highest BCUT2D eigenvalue weighted by atomic mass is 32.2. The summed E-state index contributed by atoms with van der Waals surface area (Å²) in [5.74, 6) is -3.67. The molecule has 0 saturated heterocycles. The Morgan fingerprint density at radius 2 is 1.79 bits per heavy atom. The molecule has 128 valence electrons. The number of ether oxygens (including phenoxy) is 1. The summed E-state index contributed by atoms with van der Waals surface area (Å²) in [7, 11) is -1.78. The molecule has 0 heterocycles. The summed E-state index contributed by atoms with van der Waals surface area (Å²) in [5.41, 5.74) is -0.446. The first-order valence-electron chi connectivity index (χ1n) is 6.53. The number of carbonyl (C=O) groups is 1. The fourth-order valence-electron chi connectivity index (χ4n) is 1.99. The van der Waals surface area contributed by atoms with Crippen LogP contribution in [0.3, 0.4) is 0 Å². The minimum Gasteiger partial charge on any atom is -0.496 e. The summed E-state index contributed by atoms with van der Waals surface area (Å²) in [5, 5.41) is 9.13. The number of carboxylic acids is 1. The van der Waals surface area contributed by atoms with Crippen LogP contribution in [-0.4, -0.2) is 33.7 Å². The predicted molar refractivity (Wildman–Crippen MR) is 81.9 cm³/mol. The maximum Gasteiger partial charge on any atom is 0.339 e. The Kier molecular flexibility index (Phi) is 4.74. The van der Waals surface area contributed by atoms with Crippen molar-refractivity contribution >= 4 is 21.7 Å². The van der Waals surface area contributed by atoms with Crippen LogP contribution in [0.1, 0.15) is 10.4 Å². The van der Waals surface area contributed by atoms with E-state index >= 15 is 0 Å². The Balaban J connectivity index is 2.51. The Morgan fingerprint density at radius 3 is 2.33 bits per heavy atom. The van der Waals surface area contributed by atoms with E-state index in [2.05, 4.69) is 0 Å². The topological polar surface area (TPSA) is 83.9 Å². The van der Waals surface area contributed by atoms with Gasteiger partial charge in [0.2, 0.25) is 0 Å². The summed E-state index contributed by atoms with van der Waals surface area (Å²) >= 11 is 0. The van der Waals surface area contributed by atoms with Gasteiger partial charge in [-0.05, 0) is 30.3 Å². The minimum absolute atomic E-state index is 0.00284. The molecule has 0 aliphatic rings. The average Bonchev–Trinajstić information content (AvgIpc) is 2.55. The lowest BCUT2D eigenvalue weighted by Gasteiger charge is -2.20. The molecule has 0 aliphatic carbocycles. The molecular weight excluding hydrogens is 344 g/mol. The third-order valence-corrected chi connectivity index (χ3v) is 5.11. The number of aromatic carboxylic acids is 1. The summed E-state index contributed by atoms with van der Waals surface area (Å²) in [4.78, 5) is 10.9. The highest BCUT2D eigenvalue weighted by molar-refractivity contribution is 7.92. The number of methoxy groups -OCH3 is 1. The summed E-state index contributed by atoms with van der Waals surface area (Å²) in [6.07, 6.45) is 0. The Morgan fingerprint density at radius 1 is 1.12 bits per heavy atom. The second-order valence-electron chi connectivity index (χ2n) is 4.74. The number of hydrogen-bond acceptors (Lipinski definition) is 4. The first-order chi connectivity index (χ1) is 11.2. The quantitative estimate of drug-likeness (QED) is 0.889. The average molecular weight is 357 g/mol. The van der Waals surface area contributed by atoms with Gasteiger partial charge in [0.05, 0.1) is 17.7 Å². The van der Waals surface area contributed by atoms with E-state index in [9.17, 15) is 22.0 Å². The standard InChI is InChI=1S/C15H13F2NO5S/c1-18(9-3-5-12(16)13(17)7-9)24(21,22)10-4-6-14(23-2)11(8-10)15(19)20/h3-8H,1-2H3,(H,19,20). The number of anilines is 1. The summed E-state index contributed by atoms with van der Waals surface area (Å²) in [6.45, 7) is 0. The molecule has 0 fully saturated rings. The van der Waals surface area contributed by atoms with Crippen molar-refractivity contribution in [3.05, 3.63) is 53.6 Å². The smallest absolute Gasteiger partial charge is 0.339 e. The third-order valence-electron chi connectivity index (χ3n) is 3.33. The van der Waals surface area contributed by atoms with E-state index in [0.29, 0.717) is 0 Å². The number of sulfonamides is 1. The van der Waals surface area contributed by atoms with Gasteiger partial charge < -0.3 is 9.84 Å². The van der Waals surface area contributed by atoms with Crippen LogP contribution in [0.2, 0.25) is 0 Å². The third kappa shape index (κ3) is 3.16.